The van der Waals surface area contributed by atoms with E-state index >= 15 is 0 Å². The molecule has 4 heteroatoms. The van der Waals surface area contributed by atoms with E-state index in [2.05, 4.69) is 10.1 Å². The molecule has 1 unspecified atom stereocenters. The molecule has 0 spiro atoms. The summed E-state index contributed by atoms with van der Waals surface area (Å²) in [5.41, 5.74) is 5.79. The molecular formula is C10H20N2O2. The molecular weight excluding hydrogens is 180 g/mol. The molecule has 1 rings (SSSR count). The zero-order valence-electron chi connectivity index (χ0n) is 8.95. The van der Waals surface area contributed by atoms with Crippen molar-refractivity contribution in [3.8, 4) is 0 Å². The predicted molar refractivity (Wildman–Crippen MR) is 54.8 cm³/mol. The van der Waals surface area contributed by atoms with E-state index in [9.17, 15) is 4.79 Å². The number of carbonyl (C=O) groups is 1. The molecule has 0 bridgehead atoms. The van der Waals surface area contributed by atoms with Crippen LogP contribution in [0.3, 0.4) is 0 Å². The van der Waals surface area contributed by atoms with E-state index in [4.69, 9.17) is 5.73 Å². The normalized spacial score (nSPS) is 29.6. The third-order valence-corrected chi connectivity index (χ3v) is 2.81. The predicted octanol–water partition coefficient (Wildman–Crippen LogP) is 0.407. The lowest BCUT2D eigenvalue weighted by Crippen LogP contribution is -2.45. The van der Waals surface area contributed by atoms with Crippen molar-refractivity contribution in [1.29, 1.82) is 0 Å². The van der Waals surface area contributed by atoms with Crippen LogP contribution in [0.25, 0.3) is 0 Å². The van der Waals surface area contributed by atoms with Gasteiger partial charge in [0.25, 0.3) is 0 Å². The van der Waals surface area contributed by atoms with E-state index in [1.165, 1.54) is 7.11 Å². The van der Waals surface area contributed by atoms with Crippen molar-refractivity contribution in [3.63, 3.8) is 0 Å². The van der Waals surface area contributed by atoms with Crippen molar-refractivity contribution >= 4 is 5.97 Å². The molecule has 3 N–H and O–H groups in total. The first-order valence-corrected chi connectivity index (χ1v) is 5.23. The highest BCUT2D eigenvalue weighted by molar-refractivity contribution is 5.75. The third kappa shape index (κ3) is 3.27. The second-order valence-corrected chi connectivity index (χ2v) is 4.02. The molecule has 0 saturated heterocycles. The fourth-order valence-electron chi connectivity index (χ4n) is 1.88. The maximum atomic E-state index is 11.1. The molecule has 0 aromatic carbocycles. The molecule has 0 radical (unpaired) electrons. The van der Waals surface area contributed by atoms with Gasteiger partial charge in [-0.15, -0.1) is 0 Å². The fraction of sp³-hybridized carbons (Fsp3) is 0.900. The quantitative estimate of drug-likeness (QED) is 0.648. The number of methoxy groups -OCH3 is 1. The average Bonchev–Trinajstić information content (AvgIpc) is 2.20. The first-order valence-electron chi connectivity index (χ1n) is 5.23. The molecule has 0 heterocycles. The number of nitrogens with two attached hydrogens (primary N) is 1. The van der Waals surface area contributed by atoms with Crippen LogP contribution in [0.4, 0.5) is 0 Å². The van der Waals surface area contributed by atoms with Crippen LogP contribution in [0.2, 0.25) is 0 Å². The minimum absolute atomic E-state index is 0.195. The number of hydrogen-bond donors (Lipinski definition) is 2. The number of hydrogen-bond acceptors (Lipinski definition) is 4. The Morgan fingerprint density at radius 1 is 1.43 bits per heavy atom. The molecule has 0 aromatic rings. The van der Waals surface area contributed by atoms with Gasteiger partial charge in [0.05, 0.1) is 7.11 Å². The Balaban J connectivity index is 2.27. The second kappa shape index (κ2) is 5.32. The molecule has 14 heavy (non-hydrogen) atoms. The highest BCUT2D eigenvalue weighted by Crippen LogP contribution is 2.17. The van der Waals surface area contributed by atoms with Crippen molar-refractivity contribution < 1.29 is 9.53 Å². The summed E-state index contributed by atoms with van der Waals surface area (Å²) in [6, 6.07) is 0.560. The highest BCUT2D eigenvalue weighted by atomic mass is 16.5. The Hall–Kier alpha value is -0.610. The molecule has 1 atom stereocenters. The summed E-state index contributed by atoms with van der Waals surface area (Å²) in [5, 5.41) is 3.26. The molecule has 0 aromatic heterocycles. The van der Waals surface area contributed by atoms with Crippen molar-refractivity contribution in [2.45, 2.75) is 50.7 Å². The topological polar surface area (TPSA) is 64.3 Å². The lowest BCUT2D eigenvalue weighted by Gasteiger charge is -2.28. The molecule has 1 aliphatic carbocycles. The van der Waals surface area contributed by atoms with Crippen LogP contribution in [0.1, 0.15) is 32.6 Å². The summed E-state index contributed by atoms with van der Waals surface area (Å²) in [6.45, 7) is 1.83. The van der Waals surface area contributed by atoms with Gasteiger partial charge in [-0.2, -0.15) is 0 Å². The van der Waals surface area contributed by atoms with Crippen molar-refractivity contribution in [1.82, 2.24) is 5.32 Å². The molecule has 1 fully saturated rings. The second-order valence-electron chi connectivity index (χ2n) is 4.02. The number of carbonyl (C=O) groups excluding carboxylic acids is 1. The molecule has 82 valence electrons. The van der Waals surface area contributed by atoms with Gasteiger partial charge in [-0.1, -0.05) is 0 Å². The number of esters is 1. The van der Waals surface area contributed by atoms with Crippen LogP contribution in [0, 0.1) is 0 Å². The van der Waals surface area contributed by atoms with Crippen LogP contribution in [-0.4, -0.2) is 31.2 Å². The van der Waals surface area contributed by atoms with E-state index in [-0.39, 0.29) is 12.0 Å². The highest BCUT2D eigenvalue weighted by Gasteiger charge is 2.22. The third-order valence-electron chi connectivity index (χ3n) is 2.81. The SMILES string of the molecule is COC(=O)C(C)NC1CCC(N)CC1. The molecule has 4 nitrogen and oxygen atoms in total. The molecule has 0 aliphatic heterocycles. The van der Waals surface area contributed by atoms with E-state index in [0.717, 1.165) is 25.7 Å². The summed E-state index contributed by atoms with van der Waals surface area (Å²) in [4.78, 5) is 11.1. The van der Waals surface area contributed by atoms with Gasteiger partial charge in [0.1, 0.15) is 6.04 Å². The summed E-state index contributed by atoms with van der Waals surface area (Å²) in [7, 11) is 1.41. The monoisotopic (exact) mass is 200 g/mol. The standard InChI is InChI=1S/C10H20N2O2/c1-7(10(13)14-2)12-9-5-3-8(11)4-6-9/h7-9,12H,3-6,11H2,1-2H3. The van der Waals surface area contributed by atoms with Gasteiger partial charge in [-0.05, 0) is 32.6 Å². The van der Waals surface area contributed by atoms with Crippen LogP contribution in [-0.2, 0) is 9.53 Å². The smallest absolute Gasteiger partial charge is 0.322 e. The average molecular weight is 200 g/mol. The zero-order valence-corrected chi connectivity index (χ0v) is 8.95. The number of nitrogens with one attached hydrogen (secondary N) is 1. The van der Waals surface area contributed by atoms with Crippen LogP contribution >= 0.6 is 0 Å². The lowest BCUT2D eigenvalue weighted by molar-refractivity contribution is -0.142. The first-order chi connectivity index (χ1) is 6.63. The fourth-order valence-corrected chi connectivity index (χ4v) is 1.88. The molecule has 0 amide bonds. The maximum Gasteiger partial charge on any atom is 0.322 e. The van der Waals surface area contributed by atoms with Gasteiger partial charge >= 0.3 is 5.97 Å². The summed E-state index contributed by atoms with van der Waals surface area (Å²) < 4.78 is 4.65. The number of ether oxygens (including phenoxy) is 1. The van der Waals surface area contributed by atoms with Crippen LogP contribution < -0.4 is 11.1 Å². The summed E-state index contributed by atoms with van der Waals surface area (Å²) in [5.74, 6) is -0.195. The van der Waals surface area contributed by atoms with E-state index in [0.29, 0.717) is 12.1 Å². The van der Waals surface area contributed by atoms with E-state index < -0.39 is 0 Å². The van der Waals surface area contributed by atoms with Gasteiger partial charge in [-0.3, -0.25) is 4.79 Å². The van der Waals surface area contributed by atoms with Gasteiger partial charge in [0.15, 0.2) is 0 Å². The molecule has 1 aliphatic rings. The minimum Gasteiger partial charge on any atom is -0.468 e. The molecule has 1 saturated carbocycles. The van der Waals surface area contributed by atoms with E-state index in [1.807, 2.05) is 6.92 Å². The Morgan fingerprint density at radius 3 is 2.50 bits per heavy atom. The van der Waals surface area contributed by atoms with Crippen LogP contribution in [0.15, 0.2) is 0 Å². The van der Waals surface area contributed by atoms with Crippen LogP contribution in [0.5, 0.6) is 0 Å². The van der Waals surface area contributed by atoms with Gasteiger partial charge in [0.2, 0.25) is 0 Å². The Bertz CT molecular complexity index is 189. The largest absolute Gasteiger partial charge is 0.468 e. The minimum atomic E-state index is -0.209. The number of rotatable bonds is 3. The zero-order chi connectivity index (χ0) is 10.6. The van der Waals surface area contributed by atoms with E-state index in [1.54, 1.807) is 0 Å². The van der Waals surface area contributed by atoms with Gasteiger partial charge < -0.3 is 15.8 Å². The Labute approximate surface area is 85.2 Å². The Morgan fingerprint density at radius 2 is 2.00 bits per heavy atom. The van der Waals surface area contributed by atoms with Crippen molar-refractivity contribution in [2.24, 2.45) is 5.73 Å². The first kappa shape index (κ1) is 11.5. The lowest BCUT2D eigenvalue weighted by atomic mass is 9.91. The summed E-state index contributed by atoms with van der Waals surface area (Å²) in [6.07, 6.45) is 4.21. The maximum absolute atomic E-state index is 11.1. The van der Waals surface area contributed by atoms with Crippen molar-refractivity contribution in [3.05, 3.63) is 0 Å². The summed E-state index contributed by atoms with van der Waals surface area (Å²) >= 11 is 0. The van der Waals surface area contributed by atoms with Gasteiger partial charge in [-0.25, -0.2) is 0 Å². The van der Waals surface area contributed by atoms with Gasteiger partial charge in [0, 0.05) is 12.1 Å². The van der Waals surface area contributed by atoms with Crippen molar-refractivity contribution in [2.75, 3.05) is 7.11 Å². The Kier molecular flexibility index (Phi) is 4.35.